The number of nitrogens with zero attached hydrogens (tertiary/aromatic N) is 5. The van der Waals surface area contributed by atoms with Gasteiger partial charge in [0.2, 0.25) is 0 Å². The fourth-order valence-corrected chi connectivity index (χ4v) is 5.38. The molecule has 7 heteroatoms. The van der Waals surface area contributed by atoms with Crippen molar-refractivity contribution in [2.24, 2.45) is 0 Å². The number of amides is 1. The van der Waals surface area contributed by atoms with Crippen LogP contribution in [-0.4, -0.2) is 62.7 Å². The van der Waals surface area contributed by atoms with Crippen LogP contribution in [0.5, 0.6) is 0 Å². The summed E-state index contributed by atoms with van der Waals surface area (Å²) in [5, 5.41) is 5.36. The average Bonchev–Trinajstić information content (AvgIpc) is 3.67. The number of carbonyl (C=O) groups excluding carboxylic acids is 1. The molecule has 2 aliphatic rings. The molecule has 1 aliphatic heterocycles. The van der Waals surface area contributed by atoms with Gasteiger partial charge in [-0.15, -0.1) is 0 Å². The molecule has 1 saturated heterocycles. The molecule has 1 aliphatic carbocycles. The molecular weight excluding hydrogens is 426 g/mol. The first-order valence-electron chi connectivity index (χ1n) is 12.2. The lowest BCUT2D eigenvalue weighted by molar-refractivity contribution is 0.0575. The third-order valence-corrected chi connectivity index (χ3v) is 7.24. The topological polar surface area (TPSA) is 67.4 Å². The molecule has 2 fully saturated rings. The van der Waals surface area contributed by atoms with E-state index < -0.39 is 0 Å². The maximum absolute atomic E-state index is 13.8. The number of hydrogen-bond acceptors (Lipinski definition) is 5. The van der Waals surface area contributed by atoms with E-state index in [9.17, 15) is 4.79 Å². The molecule has 1 saturated carbocycles. The zero-order valence-electron chi connectivity index (χ0n) is 19.3. The van der Waals surface area contributed by atoms with E-state index in [4.69, 9.17) is 9.40 Å². The Bertz CT molecular complexity index is 1270. The van der Waals surface area contributed by atoms with E-state index in [1.165, 1.54) is 25.7 Å². The highest BCUT2D eigenvalue weighted by atomic mass is 16.3. The van der Waals surface area contributed by atoms with Gasteiger partial charge in [-0.1, -0.05) is 43.2 Å². The van der Waals surface area contributed by atoms with Crippen molar-refractivity contribution in [2.45, 2.75) is 38.3 Å². The maximum atomic E-state index is 13.8. The van der Waals surface area contributed by atoms with Crippen molar-refractivity contribution < 1.29 is 9.21 Å². The smallest absolute Gasteiger partial charge is 0.254 e. The first-order chi connectivity index (χ1) is 16.8. The summed E-state index contributed by atoms with van der Waals surface area (Å²) in [5.41, 5.74) is 3.13. The minimum absolute atomic E-state index is 0.0631. The van der Waals surface area contributed by atoms with Gasteiger partial charge in [0.05, 0.1) is 29.1 Å². The standard InChI is InChI=1S/C27H29N5O2/c33-27(31-14-12-30(13-15-31)21-9-4-5-10-21)23-17-25(20-7-2-1-3-8-20)29-26-24(23)18-28-32(26)19-22-11-6-16-34-22/h1-3,6-8,11,16-18,21H,4-5,9-10,12-15,19H2. The van der Waals surface area contributed by atoms with Gasteiger partial charge >= 0.3 is 0 Å². The van der Waals surface area contributed by atoms with Crippen molar-refractivity contribution >= 4 is 16.9 Å². The summed E-state index contributed by atoms with van der Waals surface area (Å²) in [4.78, 5) is 23.3. The molecule has 0 unspecified atom stereocenters. The highest BCUT2D eigenvalue weighted by Gasteiger charge is 2.29. The number of fused-ring (bicyclic) bond motifs is 1. The average molecular weight is 456 g/mol. The van der Waals surface area contributed by atoms with Crippen molar-refractivity contribution in [2.75, 3.05) is 26.2 Å². The first-order valence-corrected chi connectivity index (χ1v) is 12.2. The lowest BCUT2D eigenvalue weighted by Crippen LogP contribution is -2.51. The van der Waals surface area contributed by atoms with Crippen molar-refractivity contribution in [3.63, 3.8) is 0 Å². The molecule has 0 bridgehead atoms. The summed E-state index contributed by atoms with van der Waals surface area (Å²) in [7, 11) is 0. The summed E-state index contributed by atoms with van der Waals surface area (Å²) in [6.07, 6.45) is 8.70. The van der Waals surface area contributed by atoms with Gasteiger partial charge in [-0.2, -0.15) is 5.10 Å². The van der Waals surface area contributed by atoms with E-state index in [-0.39, 0.29) is 5.91 Å². The molecule has 1 aromatic carbocycles. The SMILES string of the molecule is O=C(c1cc(-c2ccccc2)nc2c1cnn2Cc1ccco1)N1CCN(C2CCCC2)CC1. The van der Waals surface area contributed by atoms with Crippen LogP contribution >= 0.6 is 0 Å². The number of carbonyl (C=O) groups is 1. The molecule has 6 rings (SSSR count). The molecule has 7 nitrogen and oxygen atoms in total. The molecule has 0 spiro atoms. The second-order valence-electron chi connectivity index (χ2n) is 9.31. The third kappa shape index (κ3) is 4.01. The van der Waals surface area contributed by atoms with Crippen molar-refractivity contribution in [1.82, 2.24) is 24.6 Å². The summed E-state index contributed by atoms with van der Waals surface area (Å²) < 4.78 is 7.34. The molecule has 0 N–H and O–H groups in total. The van der Waals surface area contributed by atoms with E-state index in [0.717, 1.165) is 48.6 Å². The molecule has 4 heterocycles. The lowest BCUT2D eigenvalue weighted by atomic mass is 10.1. The van der Waals surface area contributed by atoms with Crippen LogP contribution in [-0.2, 0) is 6.54 Å². The Kier molecular flexibility index (Phi) is 5.63. The van der Waals surface area contributed by atoms with Crippen molar-refractivity contribution in [3.8, 4) is 11.3 Å². The van der Waals surface area contributed by atoms with E-state index in [2.05, 4.69) is 10.00 Å². The molecule has 3 aromatic heterocycles. The maximum Gasteiger partial charge on any atom is 0.254 e. The van der Waals surface area contributed by atoms with Gasteiger partial charge < -0.3 is 9.32 Å². The minimum atomic E-state index is 0.0631. The molecule has 0 radical (unpaired) electrons. The summed E-state index contributed by atoms with van der Waals surface area (Å²) >= 11 is 0. The Balaban J connectivity index is 1.34. The Morgan fingerprint density at radius 1 is 1.00 bits per heavy atom. The highest BCUT2D eigenvalue weighted by Crippen LogP contribution is 2.28. The Morgan fingerprint density at radius 2 is 1.79 bits per heavy atom. The predicted octanol–water partition coefficient (Wildman–Crippen LogP) is 4.44. The van der Waals surface area contributed by atoms with E-state index in [1.807, 2.05) is 58.1 Å². The molecule has 1 amide bonds. The summed E-state index contributed by atoms with van der Waals surface area (Å²) in [6.45, 7) is 3.90. The number of hydrogen-bond donors (Lipinski definition) is 0. The van der Waals surface area contributed by atoms with Crippen LogP contribution in [0.2, 0.25) is 0 Å². The van der Waals surface area contributed by atoms with Gasteiger partial charge in [-0.25, -0.2) is 9.67 Å². The number of aromatic nitrogens is 3. The first kappa shape index (κ1) is 21.1. The number of furan rings is 1. The summed E-state index contributed by atoms with van der Waals surface area (Å²) in [5.74, 6) is 0.862. The zero-order valence-corrected chi connectivity index (χ0v) is 19.3. The van der Waals surface area contributed by atoms with Gasteiger partial charge in [-0.3, -0.25) is 9.69 Å². The van der Waals surface area contributed by atoms with Gasteiger partial charge in [0, 0.05) is 37.8 Å². The van der Waals surface area contributed by atoms with Crippen LogP contribution in [0.15, 0.2) is 65.4 Å². The van der Waals surface area contributed by atoms with Gasteiger partial charge in [-0.05, 0) is 31.0 Å². The lowest BCUT2D eigenvalue weighted by Gasteiger charge is -2.38. The van der Waals surface area contributed by atoms with Crippen LogP contribution in [0.3, 0.4) is 0 Å². The van der Waals surface area contributed by atoms with E-state index in [1.54, 1.807) is 12.5 Å². The van der Waals surface area contributed by atoms with Crippen LogP contribution < -0.4 is 0 Å². The predicted molar refractivity (Wildman–Crippen MR) is 131 cm³/mol. The van der Waals surface area contributed by atoms with E-state index >= 15 is 0 Å². The molecule has 174 valence electrons. The molecule has 34 heavy (non-hydrogen) atoms. The van der Waals surface area contributed by atoms with Crippen LogP contribution in [0.4, 0.5) is 0 Å². The number of rotatable bonds is 5. The van der Waals surface area contributed by atoms with Gasteiger partial charge in [0.15, 0.2) is 5.65 Å². The molecule has 0 atom stereocenters. The second kappa shape index (κ2) is 9.06. The number of piperazine rings is 1. The minimum Gasteiger partial charge on any atom is -0.467 e. The summed E-state index contributed by atoms with van der Waals surface area (Å²) in [6, 6.07) is 16.4. The largest absolute Gasteiger partial charge is 0.467 e. The van der Waals surface area contributed by atoms with Crippen LogP contribution in [0, 0.1) is 0 Å². The molecule has 4 aromatic rings. The zero-order chi connectivity index (χ0) is 22.9. The number of pyridine rings is 1. The van der Waals surface area contributed by atoms with Crippen LogP contribution in [0.1, 0.15) is 41.8 Å². The Morgan fingerprint density at radius 3 is 2.53 bits per heavy atom. The third-order valence-electron chi connectivity index (χ3n) is 7.24. The van der Waals surface area contributed by atoms with Crippen LogP contribution in [0.25, 0.3) is 22.3 Å². The molecular formula is C27H29N5O2. The van der Waals surface area contributed by atoms with Crippen molar-refractivity contribution in [1.29, 1.82) is 0 Å². The van der Waals surface area contributed by atoms with Gasteiger partial charge in [0.25, 0.3) is 5.91 Å². The van der Waals surface area contributed by atoms with Crippen molar-refractivity contribution in [3.05, 3.63) is 72.3 Å². The van der Waals surface area contributed by atoms with E-state index in [0.29, 0.717) is 23.8 Å². The fraction of sp³-hybridized carbons (Fsp3) is 0.370. The highest BCUT2D eigenvalue weighted by molar-refractivity contribution is 6.06. The quantitative estimate of drug-likeness (QED) is 0.445. The number of benzene rings is 1. The Labute approximate surface area is 199 Å². The second-order valence-corrected chi connectivity index (χ2v) is 9.31. The van der Waals surface area contributed by atoms with Gasteiger partial charge in [0.1, 0.15) is 12.3 Å². The normalized spacial score (nSPS) is 17.6. The monoisotopic (exact) mass is 455 g/mol. The fourth-order valence-electron chi connectivity index (χ4n) is 5.38. The Hall–Kier alpha value is -3.45.